The van der Waals surface area contributed by atoms with E-state index < -0.39 is 30.2 Å². The zero-order valence-electron chi connectivity index (χ0n) is 13.0. The van der Waals surface area contributed by atoms with Crippen LogP contribution in [0, 0.1) is 0 Å². The molecule has 1 saturated heterocycles. The fraction of sp³-hybridized carbons (Fsp3) is 0.200. The highest BCUT2D eigenvalue weighted by molar-refractivity contribution is 8.26. The third-order valence-electron chi connectivity index (χ3n) is 3.32. The van der Waals surface area contributed by atoms with Gasteiger partial charge in [-0.25, -0.2) is 4.79 Å². The third kappa shape index (κ3) is 4.09. The van der Waals surface area contributed by atoms with E-state index in [2.05, 4.69) is 0 Å². The molecule has 1 unspecified atom stereocenters. The van der Waals surface area contributed by atoms with Crippen molar-refractivity contribution >= 4 is 52.2 Å². The lowest BCUT2D eigenvalue weighted by atomic mass is 10.1. The molecule has 0 spiro atoms. The number of aromatic hydroxyl groups is 1. The lowest BCUT2D eigenvalue weighted by molar-refractivity contribution is -0.146. The number of aliphatic carboxylic acids is 1. The van der Waals surface area contributed by atoms with Crippen LogP contribution in [0.25, 0.3) is 6.08 Å². The third-order valence-corrected chi connectivity index (χ3v) is 4.65. The molecule has 1 aliphatic heterocycles. The molecular weight excluding hydrogens is 368 g/mol. The smallest absolute Gasteiger partial charge is 0.327 e. The normalized spacial score (nSPS) is 17.0. The van der Waals surface area contributed by atoms with Gasteiger partial charge in [-0.05, 0) is 23.8 Å². The van der Waals surface area contributed by atoms with Crippen molar-refractivity contribution in [3.05, 3.63) is 28.7 Å². The Morgan fingerprint density at radius 2 is 2.16 bits per heavy atom. The molecule has 132 valence electrons. The van der Waals surface area contributed by atoms with Crippen molar-refractivity contribution in [1.82, 2.24) is 4.90 Å². The second-order valence-electron chi connectivity index (χ2n) is 5.01. The van der Waals surface area contributed by atoms with Crippen LogP contribution in [0.1, 0.15) is 12.0 Å². The van der Waals surface area contributed by atoms with Crippen molar-refractivity contribution in [2.24, 2.45) is 5.73 Å². The van der Waals surface area contributed by atoms with E-state index in [0.29, 0.717) is 5.56 Å². The largest absolute Gasteiger partial charge is 0.504 e. The summed E-state index contributed by atoms with van der Waals surface area (Å²) in [6.07, 6.45) is 0.951. The Morgan fingerprint density at radius 3 is 2.72 bits per heavy atom. The highest BCUT2D eigenvalue weighted by Crippen LogP contribution is 2.36. The number of hydrogen-bond donors (Lipinski definition) is 3. The molecule has 1 aromatic carbocycles. The molecule has 0 bridgehead atoms. The number of thiocarbonyl (C=S) groups is 1. The number of benzene rings is 1. The molecule has 25 heavy (non-hydrogen) atoms. The van der Waals surface area contributed by atoms with E-state index >= 15 is 0 Å². The van der Waals surface area contributed by atoms with E-state index in [0.717, 1.165) is 16.7 Å². The Kier molecular flexibility index (Phi) is 5.65. The number of hydrogen-bond acceptors (Lipinski definition) is 7. The van der Waals surface area contributed by atoms with Crippen LogP contribution < -0.4 is 10.5 Å². The Labute approximate surface area is 152 Å². The number of carbonyl (C=O) groups excluding carboxylic acids is 2. The van der Waals surface area contributed by atoms with Gasteiger partial charge in [0, 0.05) is 0 Å². The maximum Gasteiger partial charge on any atom is 0.327 e. The quantitative estimate of drug-likeness (QED) is 0.489. The number of nitrogens with two attached hydrogens (primary N) is 1. The van der Waals surface area contributed by atoms with Gasteiger partial charge in [0.15, 0.2) is 11.5 Å². The summed E-state index contributed by atoms with van der Waals surface area (Å²) in [6.45, 7) is 0. The van der Waals surface area contributed by atoms with Crippen LogP contribution in [0.5, 0.6) is 11.5 Å². The second-order valence-corrected chi connectivity index (χ2v) is 6.68. The van der Waals surface area contributed by atoms with E-state index in [-0.39, 0.29) is 20.7 Å². The molecule has 10 heteroatoms. The summed E-state index contributed by atoms with van der Waals surface area (Å²) in [4.78, 5) is 36.0. The van der Waals surface area contributed by atoms with Crippen LogP contribution >= 0.6 is 24.0 Å². The number of primary amides is 1. The number of carbonyl (C=O) groups is 3. The van der Waals surface area contributed by atoms with E-state index in [1.807, 2.05) is 0 Å². The van der Waals surface area contributed by atoms with Gasteiger partial charge in [0.1, 0.15) is 10.4 Å². The molecule has 1 fully saturated rings. The van der Waals surface area contributed by atoms with Crippen molar-refractivity contribution < 1.29 is 29.3 Å². The average molecular weight is 382 g/mol. The maximum absolute atomic E-state index is 12.5. The number of rotatable bonds is 6. The van der Waals surface area contributed by atoms with Gasteiger partial charge in [0.25, 0.3) is 5.91 Å². The van der Waals surface area contributed by atoms with E-state index in [9.17, 15) is 24.6 Å². The first kappa shape index (κ1) is 18.7. The minimum atomic E-state index is -1.45. The van der Waals surface area contributed by atoms with Crippen LogP contribution in [0.3, 0.4) is 0 Å². The summed E-state index contributed by atoms with van der Waals surface area (Å²) in [5, 5.41) is 18.9. The predicted molar refractivity (Wildman–Crippen MR) is 94.9 cm³/mol. The van der Waals surface area contributed by atoms with Gasteiger partial charge in [0.05, 0.1) is 18.4 Å². The Bertz CT molecular complexity index is 792. The molecule has 0 aromatic heterocycles. The lowest BCUT2D eigenvalue weighted by Gasteiger charge is -2.21. The zero-order chi connectivity index (χ0) is 18.7. The molecule has 2 rings (SSSR count). The predicted octanol–water partition coefficient (Wildman–Crippen LogP) is 0.931. The van der Waals surface area contributed by atoms with Crippen LogP contribution in [0.15, 0.2) is 23.1 Å². The van der Waals surface area contributed by atoms with Crippen LogP contribution in [0.4, 0.5) is 0 Å². The number of thioether (sulfide) groups is 1. The van der Waals surface area contributed by atoms with Gasteiger partial charge in [0.2, 0.25) is 5.91 Å². The highest BCUT2D eigenvalue weighted by Gasteiger charge is 2.41. The number of carboxylic acids is 1. The summed E-state index contributed by atoms with van der Waals surface area (Å²) in [7, 11) is 1.39. The van der Waals surface area contributed by atoms with E-state index in [1.54, 1.807) is 6.07 Å². The topological polar surface area (TPSA) is 130 Å². The number of amides is 2. The molecular formula is C15H14N2O6S2. The van der Waals surface area contributed by atoms with Crippen molar-refractivity contribution in [3.8, 4) is 11.5 Å². The molecule has 4 N–H and O–H groups in total. The van der Waals surface area contributed by atoms with Crippen LogP contribution in [-0.2, 0) is 14.4 Å². The van der Waals surface area contributed by atoms with Crippen LogP contribution in [0.2, 0.25) is 0 Å². The van der Waals surface area contributed by atoms with Gasteiger partial charge >= 0.3 is 5.97 Å². The molecule has 8 nitrogen and oxygen atoms in total. The Morgan fingerprint density at radius 1 is 1.48 bits per heavy atom. The summed E-state index contributed by atoms with van der Waals surface area (Å²) in [6, 6.07) is 3.02. The second kappa shape index (κ2) is 7.53. The number of ether oxygens (including phenoxy) is 1. The molecule has 0 aliphatic carbocycles. The first-order valence-corrected chi connectivity index (χ1v) is 8.12. The minimum Gasteiger partial charge on any atom is -0.504 e. The standard InChI is InChI=1S/C15H14N2O6S2/c1-23-10-4-7(2-3-9(10)18)5-11-13(20)17(15(24)25-11)8(14(21)22)6-12(16)19/h2-5,8,18H,6H2,1H3,(H2,16,19)(H,21,22)/b11-5-. The summed E-state index contributed by atoms with van der Waals surface area (Å²) in [5.41, 5.74) is 5.60. The van der Waals surface area contributed by atoms with Crippen molar-refractivity contribution in [2.75, 3.05) is 7.11 Å². The van der Waals surface area contributed by atoms with Crippen LogP contribution in [-0.4, -0.2) is 50.4 Å². The monoisotopic (exact) mass is 382 g/mol. The van der Waals surface area contributed by atoms with Gasteiger partial charge in [-0.15, -0.1) is 0 Å². The average Bonchev–Trinajstić information content (AvgIpc) is 2.80. The fourth-order valence-corrected chi connectivity index (χ4v) is 3.52. The number of phenolic OH excluding ortho intramolecular Hbond substituents is 1. The molecule has 1 heterocycles. The minimum absolute atomic E-state index is 0.0237. The van der Waals surface area contributed by atoms with Gasteiger partial charge in [-0.2, -0.15) is 0 Å². The molecule has 1 aliphatic rings. The van der Waals surface area contributed by atoms with Gasteiger partial charge in [-0.1, -0.05) is 30.0 Å². The number of phenols is 1. The van der Waals surface area contributed by atoms with Gasteiger partial charge in [-0.3, -0.25) is 14.5 Å². The summed E-state index contributed by atoms with van der Waals surface area (Å²) < 4.78 is 5.02. The lowest BCUT2D eigenvalue weighted by Crippen LogP contribution is -2.46. The molecule has 0 saturated carbocycles. The number of carboxylic acid groups (broad SMARTS) is 1. The SMILES string of the molecule is COc1cc(/C=C2\SC(=S)N(C(CC(N)=O)C(=O)O)C2=O)ccc1O. The summed E-state index contributed by atoms with van der Waals surface area (Å²) >= 11 is 5.99. The maximum atomic E-state index is 12.5. The van der Waals surface area contributed by atoms with Crippen molar-refractivity contribution in [3.63, 3.8) is 0 Å². The zero-order valence-corrected chi connectivity index (χ0v) is 14.6. The van der Waals surface area contributed by atoms with E-state index in [1.165, 1.54) is 25.3 Å². The summed E-state index contributed by atoms with van der Waals surface area (Å²) in [5.74, 6) is -2.69. The van der Waals surface area contributed by atoms with Gasteiger partial charge < -0.3 is 20.7 Å². The molecule has 0 radical (unpaired) electrons. The van der Waals surface area contributed by atoms with Crippen molar-refractivity contribution in [1.29, 1.82) is 0 Å². The molecule has 2 amide bonds. The Balaban J connectivity index is 2.34. The number of nitrogens with zero attached hydrogens (tertiary/aromatic N) is 1. The van der Waals surface area contributed by atoms with E-state index in [4.69, 9.17) is 22.7 Å². The number of methoxy groups -OCH3 is 1. The van der Waals surface area contributed by atoms with Crippen molar-refractivity contribution in [2.45, 2.75) is 12.5 Å². The Hall–Kier alpha value is -2.59. The molecule has 1 aromatic rings. The first-order valence-electron chi connectivity index (χ1n) is 6.89. The first-order chi connectivity index (χ1) is 11.7. The fourth-order valence-electron chi connectivity index (χ4n) is 2.16. The highest BCUT2D eigenvalue weighted by atomic mass is 32.2. The molecule has 1 atom stereocenters.